The molecule has 2 N–H and O–H groups in total. The topological polar surface area (TPSA) is 67.4 Å². The normalized spacial score (nSPS) is 10.4. The first-order valence-corrected chi connectivity index (χ1v) is 10.8. The van der Waals surface area contributed by atoms with Gasteiger partial charge in [-0.2, -0.15) is 0 Å². The minimum absolute atomic E-state index is 0.147. The Morgan fingerprint density at radius 3 is 2.47 bits per heavy atom. The van der Waals surface area contributed by atoms with E-state index in [1.165, 1.54) is 0 Å². The summed E-state index contributed by atoms with van der Waals surface area (Å²) in [4.78, 5) is 24.7. The molecule has 0 spiro atoms. The number of ether oxygens (including phenoxy) is 1. The van der Waals surface area contributed by atoms with Crippen molar-refractivity contribution in [1.29, 1.82) is 0 Å². The standard InChI is InChI=1S/C23H20Br2N2O3/c1-15-10-18(24)12-20(25)22(15)30-14-21(28)27-19-9-5-8-17(11-19)23(29)26-13-16-6-3-2-4-7-16/h2-12H,13-14H2,1H3,(H,26,29)(H,27,28). The Morgan fingerprint density at radius 1 is 0.967 bits per heavy atom. The Labute approximate surface area is 192 Å². The van der Waals surface area contributed by atoms with Crippen molar-refractivity contribution in [3.05, 3.63) is 92.4 Å². The quantitative estimate of drug-likeness (QED) is 0.425. The summed E-state index contributed by atoms with van der Waals surface area (Å²) in [5, 5.41) is 5.64. The Kier molecular flexibility index (Phi) is 7.65. The Balaban J connectivity index is 1.57. The summed E-state index contributed by atoms with van der Waals surface area (Å²) >= 11 is 6.86. The van der Waals surface area contributed by atoms with Crippen LogP contribution in [0.3, 0.4) is 0 Å². The van der Waals surface area contributed by atoms with Crippen LogP contribution in [0.15, 0.2) is 75.7 Å². The molecule has 7 heteroatoms. The summed E-state index contributed by atoms with van der Waals surface area (Å²) in [6, 6.07) is 20.2. The second-order valence-corrected chi connectivity index (χ2v) is 8.39. The summed E-state index contributed by atoms with van der Waals surface area (Å²) in [7, 11) is 0. The fraction of sp³-hybridized carbons (Fsp3) is 0.130. The monoisotopic (exact) mass is 530 g/mol. The molecule has 0 saturated heterocycles. The van der Waals surface area contributed by atoms with Crippen molar-refractivity contribution in [3.63, 3.8) is 0 Å². The Hall–Kier alpha value is -2.64. The molecule has 3 aromatic carbocycles. The number of benzene rings is 3. The number of hydrogen-bond donors (Lipinski definition) is 2. The predicted octanol–water partition coefficient (Wildman–Crippen LogP) is 5.47. The summed E-state index contributed by atoms with van der Waals surface area (Å²) in [6.45, 7) is 2.19. The third-order valence-electron chi connectivity index (χ3n) is 4.25. The van der Waals surface area contributed by atoms with E-state index in [1.54, 1.807) is 24.3 Å². The van der Waals surface area contributed by atoms with Crippen molar-refractivity contribution in [3.8, 4) is 5.75 Å². The molecule has 0 aliphatic carbocycles. The molecule has 0 atom stereocenters. The van der Waals surface area contributed by atoms with Gasteiger partial charge in [-0.25, -0.2) is 0 Å². The van der Waals surface area contributed by atoms with Crippen LogP contribution in [-0.2, 0) is 11.3 Å². The number of amides is 2. The lowest BCUT2D eigenvalue weighted by atomic mass is 10.1. The maximum Gasteiger partial charge on any atom is 0.262 e. The van der Waals surface area contributed by atoms with Gasteiger partial charge in [0.1, 0.15) is 5.75 Å². The molecule has 0 aliphatic rings. The van der Waals surface area contributed by atoms with Crippen molar-refractivity contribution in [2.45, 2.75) is 13.5 Å². The molecule has 2 amide bonds. The molecule has 0 radical (unpaired) electrons. The van der Waals surface area contributed by atoms with Crippen LogP contribution in [0.25, 0.3) is 0 Å². The van der Waals surface area contributed by atoms with Gasteiger partial charge in [0.05, 0.1) is 4.47 Å². The third kappa shape index (κ3) is 6.18. The van der Waals surface area contributed by atoms with Gasteiger partial charge in [-0.05, 0) is 64.3 Å². The molecule has 0 unspecified atom stereocenters. The van der Waals surface area contributed by atoms with E-state index in [0.717, 1.165) is 20.1 Å². The molecule has 0 saturated carbocycles. The average Bonchev–Trinajstić information content (AvgIpc) is 2.72. The van der Waals surface area contributed by atoms with Crippen LogP contribution in [0.5, 0.6) is 5.75 Å². The van der Waals surface area contributed by atoms with Crippen LogP contribution in [0, 0.1) is 6.92 Å². The fourth-order valence-electron chi connectivity index (χ4n) is 2.83. The molecule has 0 bridgehead atoms. The first kappa shape index (κ1) is 22.1. The summed E-state index contributed by atoms with van der Waals surface area (Å²) in [6.07, 6.45) is 0. The molecule has 3 rings (SSSR count). The van der Waals surface area contributed by atoms with E-state index < -0.39 is 0 Å². The number of carbonyl (C=O) groups excluding carboxylic acids is 2. The van der Waals surface area contributed by atoms with E-state index in [2.05, 4.69) is 42.5 Å². The molecule has 0 fully saturated rings. The lowest BCUT2D eigenvalue weighted by Gasteiger charge is -2.12. The molecular weight excluding hydrogens is 512 g/mol. The van der Waals surface area contributed by atoms with Crippen molar-refractivity contribution in [1.82, 2.24) is 5.32 Å². The number of aryl methyl sites for hydroxylation is 1. The highest BCUT2D eigenvalue weighted by Crippen LogP contribution is 2.32. The summed E-state index contributed by atoms with van der Waals surface area (Å²) < 4.78 is 7.35. The number of halogens is 2. The molecule has 5 nitrogen and oxygen atoms in total. The SMILES string of the molecule is Cc1cc(Br)cc(Br)c1OCC(=O)Nc1cccc(C(=O)NCc2ccccc2)c1. The van der Waals surface area contributed by atoms with Crippen molar-refractivity contribution < 1.29 is 14.3 Å². The smallest absolute Gasteiger partial charge is 0.262 e. The second kappa shape index (κ2) is 10.4. The van der Waals surface area contributed by atoms with Gasteiger partial charge in [0, 0.05) is 22.3 Å². The molecular formula is C23H20Br2N2O3. The van der Waals surface area contributed by atoms with Gasteiger partial charge in [0.25, 0.3) is 11.8 Å². The second-order valence-electron chi connectivity index (χ2n) is 6.62. The lowest BCUT2D eigenvalue weighted by Crippen LogP contribution is -2.23. The van der Waals surface area contributed by atoms with E-state index in [0.29, 0.717) is 23.5 Å². The third-order valence-corrected chi connectivity index (χ3v) is 5.29. The number of carbonyl (C=O) groups is 2. The maximum absolute atomic E-state index is 12.4. The van der Waals surface area contributed by atoms with Crippen LogP contribution in [0.2, 0.25) is 0 Å². The Morgan fingerprint density at radius 2 is 1.73 bits per heavy atom. The van der Waals surface area contributed by atoms with Gasteiger partial charge >= 0.3 is 0 Å². The molecule has 0 aliphatic heterocycles. The molecule has 30 heavy (non-hydrogen) atoms. The first-order chi connectivity index (χ1) is 14.4. The first-order valence-electron chi connectivity index (χ1n) is 9.23. The van der Waals surface area contributed by atoms with Gasteiger partial charge < -0.3 is 15.4 Å². The molecule has 0 aromatic heterocycles. The zero-order valence-electron chi connectivity index (χ0n) is 16.2. The van der Waals surface area contributed by atoms with Gasteiger partial charge in [0.2, 0.25) is 0 Å². The summed E-state index contributed by atoms with van der Waals surface area (Å²) in [5.74, 6) is 0.0917. The number of anilines is 1. The highest BCUT2D eigenvalue weighted by Gasteiger charge is 2.11. The van der Waals surface area contributed by atoms with Gasteiger partial charge in [0.15, 0.2) is 6.61 Å². The fourth-order valence-corrected chi connectivity index (χ4v) is 4.38. The summed E-state index contributed by atoms with van der Waals surface area (Å²) in [5.41, 5.74) is 2.92. The maximum atomic E-state index is 12.4. The van der Waals surface area contributed by atoms with Crippen molar-refractivity contribution in [2.24, 2.45) is 0 Å². The molecule has 0 heterocycles. The van der Waals surface area contributed by atoms with Crippen LogP contribution in [0.1, 0.15) is 21.5 Å². The van der Waals surface area contributed by atoms with Gasteiger partial charge in [-0.3, -0.25) is 9.59 Å². The van der Waals surface area contributed by atoms with Crippen LogP contribution >= 0.6 is 31.9 Å². The minimum atomic E-state index is -0.314. The van der Waals surface area contributed by atoms with Crippen LogP contribution in [0.4, 0.5) is 5.69 Å². The van der Waals surface area contributed by atoms with E-state index in [-0.39, 0.29) is 18.4 Å². The predicted molar refractivity (Wildman–Crippen MR) is 125 cm³/mol. The zero-order chi connectivity index (χ0) is 21.5. The highest BCUT2D eigenvalue weighted by molar-refractivity contribution is 9.11. The average molecular weight is 532 g/mol. The van der Waals surface area contributed by atoms with Gasteiger partial charge in [-0.1, -0.05) is 52.3 Å². The van der Waals surface area contributed by atoms with E-state index in [9.17, 15) is 9.59 Å². The lowest BCUT2D eigenvalue weighted by molar-refractivity contribution is -0.118. The Bertz CT molecular complexity index is 1030. The largest absolute Gasteiger partial charge is 0.482 e. The number of rotatable bonds is 7. The number of hydrogen-bond acceptors (Lipinski definition) is 3. The molecule has 3 aromatic rings. The van der Waals surface area contributed by atoms with E-state index >= 15 is 0 Å². The van der Waals surface area contributed by atoms with Crippen molar-refractivity contribution >= 4 is 49.4 Å². The molecule has 154 valence electrons. The van der Waals surface area contributed by atoms with Crippen LogP contribution in [-0.4, -0.2) is 18.4 Å². The van der Waals surface area contributed by atoms with Crippen molar-refractivity contribution in [2.75, 3.05) is 11.9 Å². The highest BCUT2D eigenvalue weighted by atomic mass is 79.9. The van der Waals surface area contributed by atoms with E-state index in [1.807, 2.05) is 49.4 Å². The minimum Gasteiger partial charge on any atom is -0.482 e. The zero-order valence-corrected chi connectivity index (χ0v) is 19.4. The number of nitrogens with one attached hydrogen (secondary N) is 2. The van der Waals surface area contributed by atoms with E-state index in [4.69, 9.17) is 4.74 Å². The van der Waals surface area contributed by atoms with Gasteiger partial charge in [-0.15, -0.1) is 0 Å². The van der Waals surface area contributed by atoms with Crippen LogP contribution < -0.4 is 15.4 Å².